The first-order valence-corrected chi connectivity index (χ1v) is 10.1. The fraction of sp³-hybridized carbons (Fsp3) is 0.231. The maximum atomic E-state index is 12.8. The van der Waals surface area contributed by atoms with Gasteiger partial charge in [0.15, 0.2) is 28.8 Å². The summed E-state index contributed by atoms with van der Waals surface area (Å²) in [6.45, 7) is 1.36. The van der Waals surface area contributed by atoms with E-state index in [4.69, 9.17) is 18.9 Å². The van der Waals surface area contributed by atoms with Crippen molar-refractivity contribution in [3.8, 4) is 23.0 Å². The Kier molecular flexibility index (Phi) is 9.30. The zero-order chi connectivity index (χ0) is 24.4. The van der Waals surface area contributed by atoms with Gasteiger partial charge in [-0.1, -0.05) is 24.3 Å². The Morgan fingerprint density at radius 1 is 0.758 bits per heavy atom. The minimum absolute atomic E-state index is 0.00375. The topological polar surface area (TPSA) is 91.3 Å². The average molecular weight is 453 g/mol. The second-order valence-corrected chi connectivity index (χ2v) is 7.00. The van der Waals surface area contributed by atoms with Crippen LogP contribution in [-0.2, 0) is 9.59 Å². The first-order chi connectivity index (χ1) is 15.8. The smallest absolute Gasteiger partial charge is 0.185 e. The summed E-state index contributed by atoms with van der Waals surface area (Å²) in [5, 5.41) is 10.6. The molecule has 0 aromatic heterocycles. The van der Waals surface area contributed by atoms with Crippen LogP contribution in [0.3, 0.4) is 0 Å². The third-order valence-electron chi connectivity index (χ3n) is 4.71. The summed E-state index contributed by atoms with van der Waals surface area (Å²) in [6, 6.07) is 10.4. The third kappa shape index (κ3) is 7.00. The van der Waals surface area contributed by atoms with Crippen molar-refractivity contribution < 1.29 is 33.6 Å². The predicted octanol–water partition coefficient (Wildman–Crippen LogP) is 4.81. The molecule has 0 spiro atoms. The SMILES string of the molecule is COc1ccc(/C=C/C(=O)C(CC(C)=O)=C(O)/C=C/c2ccc(OC)c(OC)c2)cc1OC. The van der Waals surface area contributed by atoms with E-state index in [1.54, 1.807) is 48.6 Å². The van der Waals surface area contributed by atoms with E-state index >= 15 is 0 Å². The van der Waals surface area contributed by atoms with Crippen molar-refractivity contribution in [2.45, 2.75) is 13.3 Å². The molecule has 33 heavy (non-hydrogen) atoms. The van der Waals surface area contributed by atoms with Gasteiger partial charge in [0, 0.05) is 12.0 Å². The van der Waals surface area contributed by atoms with E-state index < -0.39 is 5.78 Å². The van der Waals surface area contributed by atoms with Crippen LogP contribution in [0.4, 0.5) is 0 Å². The number of ether oxygens (including phenoxy) is 4. The van der Waals surface area contributed by atoms with Crippen molar-refractivity contribution in [1.29, 1.82) is 0 Å². The van der Waals surface area contributed by atoms with Gasteiger partial charge in [-0.2, -0.15) is 0 Å². The van der Waals surface area contributed by atoms with Crippen LogP contribution in [0.1, 0.15) is 24.5 Å². The van der Waals surface area contributed by atoms with Gasteiger partial charge in [-0.25, -0.2) is 0 Å². The van der Waals surface area contributed by atoms with Crippen LogP contribution in [0, 0.1) is 0 Å². The molecule has 0 amide bonds. The number of aliphatic hydroxyl groups is 1. The molecule has 2 aromatic rings. The molecule has 0 atom stereocenters. The van der Waals surface area contributed by atoms with Gasteiger partial charge in [0.25, 0.3) is 0 Å². The Morgan fingerprint density at radius 2 is 1.21 bits per heavy atom. The lowest BCUT2D eigenvalue weighted by atomic mass is 10.0. The van der Waals surface area contributed by atoms with Crippen LogP contribution < -0.4 is 18.9 Å². The Morgan fingerprint density at radius 3 is 1.64 bits per heavy atom. The zero-order valence-electron chi connectivity index (χ0n) is 19.4. The Labute approximate surface area is 193 Å². The Hall–Kier alpha value is -4.00. The lowest BCUT2D eigenvalue weighted by molar-refractivity contribution is -0.118. The van der Waals surface area contributed by atoms with Gasteiger partial charge >= 0.3 is 0 Å². The van der Waals surface area contributed by atoms with Gasteiger partial charge in [0.1, 0.15) is 11.5 Å². The summed E-state index contributed by atoms with van der Waals surface area (Å²) in [5.41, 5.74) is 1.41. The summed E-state index contributed by atoms with van der Waals surface area (Å²) in [5.74, 6) is 1.17. The quantitative estimate of drug-likeness (QED) is 0.297. The van der Waals surface area contributed by atoms with Gasteiger partial charge in [-0.3, -0.25) is 9.59 Å². The van der Waals surface area contributed by atoms with E-state index in [-0.39, 0.29) is 23.5 Å². The number of aliphatic hydroxyl groups excluding tert-OH is 1. The second kappa shape index (κ2) is 12.1. The van der Waals surface area contributed by atoms with Gasteiger partial charge < -0.3 is 24.1 Å². The maximum absolute atomic E-state index is 12.8. The van der Waals surface area contributed by atoms with E-state index in [0.29, 0.717) is 28.6 Å². The van der Waals surface area contributed by atoms with Crippen molar-refractivity contribution in [2.24, 2.45) is 0 Å². The molecule has 2 rings (SSSR count). The summed E-state index contributed by atoms with van der Waals surface area (Å²) < 4.78 is 20.9. The van der Waals surface area contributed by atoms with Gasteiger partial charge in [0.05, 0.1) is 28.4 Å². The van der Waals surface area contributed by atoms with Crippen LogP contribution in [0.15, 0.2) is 59.9 Å². The van der Waals surface area contributed by atoms with Gasteiger partial charge in [-0.15, -0.1) is 0 Å². The van der Waals surface area contributed by atoms with Gasteiger partial charge in [-0.05, 0) is 54.5 Å². The number of hydrogen-bond donors (Lipinski definition) is 1. The summed E-state index contributed by atoms with van der Waals surface area (Å²) in [6.07, 6.45) is 5.68. The molecule has 2 aromatic carbocycles. The molecule has 0 radical (unpaired) electrons. The third-order valence-corrected chi connectivity index (χ3v) is 4.71. The summed E-state index contributed by atoms with van der Waals surface area (Å²) in [7, 11) is 6.12. The number of methoxy groups -OCH3 is 4. The molecule has 0 bridgehead atoms. The molecule has 0 fully saturated rings. The van der Waals surface area contributed by atoms with Crippen molar-refractivity contribution in [3.63, 3.8) is 0 Å². The van der Waals surface area contributed by atoms with E-state index in [9.17, 15) is 14.7 Å². The van der Waals surface area contributed by atoms with Crippen LogP contribution in [0.2, 0.25) is 0 Å². The highest BCUT2D eigenvalue weighted by molar-refractivity contribution is 6.09. The highest BCUT2D eigenvalue weighted by Crippen LogP contribution is 2.29. The molecule has 7 heteroatoms. The van der Waals surface area contributed by atoms with E-state index in [0.717, 1.165) is 5.56 Å². The molecule has 0 aliphatic carbocycles. The average Bonchev–Trinajstić information content (AvgIpc) is 2.83. The largest absolute Gasteiger partial charge is 0.508 e. The zero-order valence-corrected chi connectivity index (χ0v) is 19.4. The molecule has 7 nitrogen and oxygen atoms in total. The lowest BCUT2D eigenvalue weighted by Crippen LogP contribution is -2.06. The number of hydrogen-bond acceptors (Lipinski definition) is 7. The molecule has 0 unspecified atom stereocenters. The predicted molar refractivity (Wildman–Crippen MR) is 127 cm³/mol. The number of carbonyl (C=O) groups excluding carboxylic acids is 2. The molecule has 0 heterocycles. The van der Waals surface area contributed by atoms with Crippen molar-refractivity contribution in [1.82, 2.24) is 0 Å². The van der Waals surface area contributed by atoms with Crippen LogP contribution >= 0.6 is 0 Å². The van der Waals surface area contributed by atoms with Crippen LogP contribution in [0.25, 0.3) is 12.2 Å². The summed E-state index contributed by atoms with van der Waals surface area (Å²) in [4.78, 5) is 24.5. The van der Waals surface area contributed by atoms with E-state index in [1.807, 2.05) is 0 Å². The molecule has 1 N–H and O–H groups in total. The van der Waals surface area contributed by atoms with Gasteiger partial charge in [0.2, 0.25) is 0 Å². The molecule has 0 aliphatic heterocycles. The maximum Gasteiger partial charge on any atom is 0.185 e. The number of ketones is 2. The Bertz CT molecular complexity index is 1090. The Balaban J connectivity index is 2.31. The molecule has 0 aliphatic rings. The lowest BCUT2D eigenvalue weighted by Gasteiger charge is -2.08. The molecule has 0 saturated heterocycles. The van der Waals surface area contributed by atoms with Crippen molar-refractivity contribution >= 4 is 23.7 Å². The van der Waals surface area contributed by atoms with Crippen LogP contribution in [-0.4, -0.2) is 45.1 Å². The number of Topliss-reactive ketones (excluding diaryl/α,β-unsaturated/α-hetero) is 1. The summed E-state index contributed by atoms with van der Waals surface area (Å²) >= 11 is 0. The standard InChI is InChI=1S/C26H28O7/c1-17(27)14-20(21(28)10-6-18-8-12-23(30-2)25(15-18)32-4)22(29)11-7-19-9-13-24(31-3)26(16-19)33-5/h6-13,15-16,28H,14H2,1-5H3/b10-6+,11-7+,21-20?. The number of carbonyl (C=O) groups is 2. The first kappa shape index (κ1) is 25.3. The minimum atomic E-state index is -0.477. The highest BCUT2D eigenvalue weighted by atomic mass is 16.5. The highest BCUT2D eigenvalue weighted by Gasteiger charge is 2.14. The van der Waals surface area contributed by atoms with Crippen LogP contribution in [0.5, 0.6) is 23.0 Å². The van der Waals surface area contributed by atoms with Crippen molar-refractivity contribution in [3.05, 3.63) is 71.0 Å². The minimum Gasteiger partial charge on any atom is -0.508 e. The molecular weight excluding hydrogens is 424 g/mol. The number of benzene rings is 2. The second-order valence-electron chi connectivity index (χ2n) is 7.00. The first-order valence-electron chi connectivity index (χ1n) is 10.1. The fourth-order valence-corrected chi connectivity index (χ4v) is 3.01. The van der Waals surface area contributed by atoms with E-state index in [1.165, 1.54) is 47.5 Å². The monoisotopic (exact) mass is 452 g/mol. The number of rotatable bonds is 11. The molecular formula is C26H28O7. The normalized spacial score (nSPS) is 11.9. The van der Waals surface area contributed by atoms with Crippen molar-refractivity contribution in [2.75, 3.05) is 28.4 Å². The fourth-order valence-electron chi connectivity index (χ4n) is 3.01. The van der Waals surface area contributed by atoms with E-state index in [2.05, 4.69) is 0 Å². The number of allylic oxidation sites excluding steroid dienone is 3. The molecule has 174 valence electrons. The molecule has 0 saturated carbocycles.